The van der Waals surface area contributed by atoms with Gasteiger partial charge in [0.05, 0.1) is 20.3 Å². The predicted molar refractivity (Wildman–Crippen MR) is 87.8 cm³/mol. The van der Waals surface area contributed by atoms with Gasteiger partial charge in [-0.1, -0.05) is 30.4 Å². The van der Waals surface area contributed by atoms with Crippen LogP contribution < -0.4 is 15.8 Å². The molecular formula is C17H28N2O2. The molecule has 1 rings (SSSR count). The van der Waals surface area contributed by atoms with E-state index in [-0.39, 0.29) is 5.54 Å². The molecule has 1 aromatic rings. The molecule has 0 heterocycles. The van der Waals surface area contributed by atoms with Gasteiger partial charge in [0.2, 0.25) is 0 Å². The summed E-state index contributed by atoms with van der Waals surface area (Å²) in [5, 5.41) is 3.48. The zero-order chi connectivity index (χ0) is 15.7. The standard InChI is InChI=1S/C17H28N2O2/c1-14(2)12-21-10-9-19-17(3,13-18)11-15-7-5-6-8-16(15)20-4/h5-8,19H,1,9-13,18H2,2-4H3. The Morgan fingerprint density at radius 3 is 2.71 bits per heavy atom. The number of nitrogens with two attached hydrogens (primary N) is 1. The molecule has 0 spiro atoms. The van der Waals surface area contributed by atoms with E-state index in [0.717, 1.165) is 29.9 Å². The molecule has 0 fully saturated rings. The van der Waals surface area contributed by atoms with E-state index in [1.165, 1.54) is 0 Å². The molecule has 0 aliphatic rings. The molecule has 0 radical (unpaired) electrons. The first-order valence-electron chi connectivity index (χ1n) is 7.30. The second kappa shape index (κ2) is 8.82. The van der Waals surface area contributed by atoms with Crippen LogP contribution in [0.4, 0.5) is 0 Å². The highest BCUT2D eigenvalue weighted by Gasteiger charge is 2.23. The van der Waals surface area contributed by atoms with Crippen molar-refractivity contribution in [3.63, 3.8) is 0 Å². The van der Waals surface area contributed by atoms with Crippen molar-refractivity contribution in [1.82, 2.24) is 5.32 Å². The molecule has 1 aromatic carbocycles. The second-order valence-electron chi connectivity index (χ2n) is 5.69. The average Bonchev–Trinajstić information content (AvgIpc) is 2.47. The third kappa shape index (κ3) is 6.29. The number of para-hydroxylation sites is 1. The fourth-order valence-electron chi connectivity index (χ4n) is 2.15. The van der Waals surface area contributed by atoms with E-state index in [2.05, 4.69) is 24.9 Å². The van der Waals surface area contributed by atoms with Gasteiger partial charge in [0, 0.05) is 18.6 Å². The van der Waals surface area contributed by atoms with E-state index in [9.17, 15) is 0 Å². The molecule has 0 aromatic heterocycles. The van der Waals surface area contributed by atoms with Crippen LogP contribution >= 0.6 is 0 Å². The topological polar surface area (TPSA) is 56.5 Å². The summed E-state index contributed by atoms with van der Waals surface area (Å²) in [5.41, 5.74) is 7.96. The minimum absolute atomic E-state index is 0.179. The lowest BCUT2D eigenvalue weighted by Crippen LogP contribution is -2.51. The molecule has 0 aliphatic carbocycles. The fraction of sp³-hybridized carbons (Fsp3) is 0.529. The zero-order valence-electron chi connectivity index (χ0n) is 13.4. The Bertz CT molecular complexity index is 448. The summed E-state index contributed by atoms with van der Waals surface area (Å²) < 4.78 is 10.9. The maximum atomic E-state index is 5.95. The van der Waals surface area contributed by atoms with Gasteiger partial charge in [-0.2, -0.15) is 0 Å². The molecule has 4 nitrogen and oxygen atoms in total. The maximum absolute atomic E-state index is 5.95. The van der Waals surface area contributed by atoms with E-state index in [1.54, 1.807) is 7.11 Å². The summed E-state index contributed by atoms with van der Waals surface area (Å²) in [6.07, 6.45) is 0.813. The minimum atomic E-state index is -0.179. The Hall–Kier alpha value is -1.36. The highest BCUT2D eigenvalue weighted by Crippen LogP contribution is 2.22. The van der Waals surface area contributed by atoms with Crippen LogP contribution in [0.1, 0.15) is 19.4 Å². The van der Waals surface area contributed by atoms with Gasteiger partial charge in [0.25, 0.3) is 0 Å². The SMILES string of the molecule is C=C(C)COCCNC(C)(CN)Cc1ccccc1OC. The Labute approximate surface area is 128 Å². The monoisotopic (exact) mass is 292 g/mol. The zero-order valence-corrected chi connectivity index (χ0v) is 13.4. The Kier molecular flexibility index (Phi) is 7.43. The van der Waals surface area contributed by atoms with Gasteiger partial charge in [-0.3, -0.25) is 0 Å². The van der Waals surface area contributed by atoms with Gasteiger partial charge in [0.1, 0.15) is 5.75 Å². The molecule has 0 saturated carbocycles. The molecule has 1 unspecified atom stereocenters. The van der Waals surface area contributed by atoms with Crippen molar-refractivity contribution in [2.45, 2.75) is 25.8 Å². The van der Waals surface area contributed by atoms with Crippen LogP contribution in [0, 0.1) is 0 Å². The predicted octanol–water partition coefficient (Wildman–Crippen LogP) is 2.14. The van der Waals surface area contributed by atoms with Crippen molar-refractivity contribution in [3.05, 3.63) is 42.0 Å². The smallest absolute Gasteiger partial charge is 0.122 e. The summed E-state index contributed by atoms with van der Waals surface area (Å²) in [5.74, 6) is 0.900. The van der Waals surface area contributed by atoms with Gasteiger partial charge in [-0.15, -0.1) is 0 Å². The molecule has 118 valence electrons. The van der Waals surface area contributed by atoms with Gasteiger partial charge in [0.15, 0.2) is 0 Å². The van der Waals surface area contributed by atoms with Crippen molar-refractivity contribution in [2.24, 2.45) is 5.73 Å². The summed E-state index contributed by atoms with van der Waals surface area (Å²) in [6.45, 7) is 10.5. The number of rotatable bonds is 10. The van der Waals surface area contributed by atoms with Crippen LogP contribution in [0.5, 0.6) is 5.75 Å². The van der Waals surface area contributed by atoms with E-state index in [0.29, 0.717) is 19.8 Å². The second-order valence-corrected chi connectivity index (χ2v) is 5.69. The first kappa shape index (κ1) is 17.7. The van der Waals surface area contributed by atoms with Crippen LogP contribution in [0.2, 0.25) is 0 Å². The first-order valence-corrected chi connectivity index (χ1v) is 7.30. The largest absolute Gasteiger partial charge is 0.496 e. The summed E-state index contributed by atoms with van der Waals surface area (Å²) in [4.78, 5) is 0. The number of hydrogen-bond acceptors (Lipinski definition) is 4. The third-order valence-corrected chi connectivity index (χ3v) is 3.37. The number of ether oxygens (including phenoxy) is 2. The van der Waals surface area contributed by atoms with Gasteiger partial charge >= 0.3 is 0 Å². The molecule has 0 amide bonds. The van der Waals surface area contributed by atoms with Crippen LogP contribution in [0.3, 0.4) is 0 Å². The van der Waals surface area contributed by atoms with Gasteiger partial charge in [-0.05, 0) is 31.9 Å². The normalized spacial score (nSPS) is 13.7. The van der Waals surface area contributed by atoms with Crippen LogP contribution in [-0.2, 0) is 11.2 Å². The maximum Gasteiger partial charge on any atom is 0.122 e. The van der Waals surface area contributed by atoms with Gasteiger partial charge in [-0.25, -0.2) is 0 Å². The average molecular weight is 292 g/mol. The summed E-state index contributed by atoms with van der Waals surface area (Å²) >= 11 is 0. The van der Waals surface area contributed by atoms with Crippen LogP contribution in [0.15, 0.2) is 36.4 Å². The highest BCUT2D eigenvalue weighted by molar-refractivity contribution is 5.34. The molecule has 4 heteroatoms. The van der Waals surface area contributed by atoms with Gasteiger partial charge < -0.3 is 20.5 Å². The van der Waals surface area contributed by atoms with E-state index >= 15 is 0 Å². The van der Waals surface area contributed by atoms with Crippen molar-refractivity contribution in [1.29, 1.82) is 0 Å². The molecule has 0 saturated heterocycles. The quantitative estimate of drug-likeness (QED) is 0.512. The van der Waals surface area contributed by atoms with E-state index in [1.807, 2.05) is 25.1 Å². The minimum Gasteiger partial charge on any atom is -0.496 e. The number of hydrogen-bond donors (Lipinski definition) is 2. The molecule has 0 aliphatic heterocycles. The molecule has 1 atom stereocenters. The van der Waals surface area contributed by atoms with E-state index in [4.69, 9.17) is 15.2 Å². The third-order valence-electron chi connectivity index (χ3n) is 3.37. The Balaban J connectivity index is 2.53. The Morgan fingerprint density at radius 1 is 1.38 bits per heavy atom. The first-order chi connectivity index (χ1) is 10.0. The molecular weight excluding hydrogens is 264 g/mol. The summed E-state index contributed by atoms with van der Waals surface area (Å²) in [6, 6.07) is 8.04. The van der Waals surface area contributed by atoms with Crippen LogP contribution in [0.25, 0.3) is 0 Å². The lowest BCUT2D eigenvalue weighted by molar-refractivity contribution is 0.149. The molecule has 3 N–H and O–H groups in total. The molecule has 0 bridgehead atoms. The summed E-state index contributed by atoms with van der Waals surface area (Å²) in [7, 11) is 1.69. The van der Waals surface area contributed by atoms with E-state index < -0.39 is 0 Å². The highest BCUT2D eigenvalue weighted by atomic mass is 16.5. The van der Waals surface area contributed by atoms with Crippen molar-refractivity contribution >= 4 is 0 Å². The lowest BCUT2D eigenvalue weighted by Gasteiger charge is -2.30. The number of methoxy groups -OCH3 is 1. The number of nitrogens with one attached hydrogen (secondary N) is 1. The Morgan fingerprint density at radius 2 is 2.10 bits per heavy atom. The van der Waals surface area contributed by atoms with Crippen molar-refractivity contribution in [2.75, 3.05) is 33.4 Å². The lowest BCUT2D eigenvalue weighted by atomic mass is 9.92. The van der Waals surface area contributed by atoms with Crippen LogP contribution in [-0.4, -0.2) is 39.0 Å². The number of benzene rings is 1. The van der Waals surface area contributed by atoms with Crippen molar-refractivity contribution in [3.8, 4) is 5.75 Å². The van der Waals surface area contributed by atoms with Crippen molar-refractivity contribution < 1.29 is 9.47 Å². The molecule has 21 heavy (non-hydrogen) atoms. The fourth-order valence-corrected chi connectivity index (χ4v) is 2.15.